The smallest absolute Gasteiger partial charge is 0.326 e. The van der Waals surface area contributed by atoms with Gasteiger partial charge in [-0.25, -0.2) is 4.79 Å². The van der Waals surface area contributed by atoms with Crippen molar-refractivity contribution < 1.29 is 73.5 Å². The summed E-state index contributed by atoms with van der Waals surface area (Å²) in [5.74, 6) is -10.4. The first kappa shape index (κ1) is 59.6. The van der Waals surface area contributed by atoms with Crippen molar-refractivity contribution in [3.63, 3.8) is 0 Å². The molecule has 25 heteroatoms. The van der Waals surface area contributed by atoms with Gasteiger partial charge in [-0.1, -0.05) is 13.8 Å². The molecule has 63 heavy (non-hydrogen) atoms. The molecule has 0 saturated heterocycles. The molecule has 25 nitrogen and oxygen atoms in total. The Labute approximate surface area is 365 Å². The van der Waals surface area contributed by atoms with Gasteiger partial charge in [-0.15, -0.1) is 0 Å². The molecule has 0 rings (SSSR count). The van der Waals surface area contributed by atoms with Gasteiger partial charge in [0.05, 0.1) is 18.2 Å². The summed E-state index contributed by atoms with van der Waals surface area (Å²) in [6, 6.07) is -10.4. The maximum Gasteiger partial charge on any atom is 0.326 e. The van der Waals surface area contributed by atoms with E-state index in [4.69, 9.17) is 32.8 Å². The van der Waals surface area contributed by atoms with Crippen molar-refractivity contribution >= 4 is 59.3 Å². The number of nitrogens with one attached hydrogen (secondary N) is 6. The standard InChI is InChI=1S/C36H66N10O13.C2H4O2/c1-18(2)17-21(39)30(52)41-22(9-5-7-15-37)31(53)42-23(10-6-8-16-38)32(54)45-28(19(3)47)34(56)43-24(12-14-27(50)51)33(55)46-29(20(4)48)35(57)44-25(36(58)59)11-13-26(40)49;1-2(3)4/h18-25,28-29,47-48H,5-17,37-39H2,1-4H3,(H2,40,49)(H,41,52)(H,42,53)(H,43,56)(H,44,57)(H,45,54)(H,46,55)(H,50,51)(H,58,59);1H3,(H,3,4)/t19-,20-,21+,22+,23+,24+,25+,28+,29+;/m1./s1. The van der Waals surface area contributed by atoms with Crippen LogP contribution in [0.3, 0.4) is 0 Å². The van der Waals surface area contributed by atoms with Gasteiger partial charge >= 0.3 is 11.9 Å². The molecular formula is C38H70N10O15. The van der Waals surface area contributed by atoms with Crippen molar-refractivity contribution in [3.8, 4) is 0 Å². The SMILES string of the molecule is CC(=O)O.CC(C)C[C@H](N)C(=O)N[C@@H](CCCCN)C(=O)N[C@@H](CCCCN)C(=O)N[C@H](C(=O)N[C@@H](CCC(=O)O)C(=O)N[C@H](C(=O)N[C@@H](CCC(N)=O)C(=O)O)[C@@H](C)O)[C@@H](C)O. The van der Waals surface area contributed by atoms with Crippen LogP contribution in [0.25, 0.3) is 0 Å². The molecular weight excluding hydrogens is 836 g/mol. The number of amides is 7. The zero-order chi connectivity index (χ0) is 49.0. The van der Waals surface area contributed by atoms with Gasteiger partial charge in [0.2, 0.25) is 41.4 Å². The summed E-state index contributed by atoms with van der Waals surface area (Å²) in [6.45, 7) is 7.62. The Morgan fingerprint density at radius 3 is 1.21 bits per heavy atom. The van der Waals surface area contributed by atoms with E-state index in [2.05, 4.69) is 31.9 Å². The number of carboxylic acids is 3. The Balaban J connectivity index is 0. The Morgan fingerprint density at radius 1 is 0.508 bits per heavy atom. The van der Waals surface area contributed by atoms with E-state index in [0.717, 1.165) is 20.8 Å². The fourth-order valence-electron chi connectivity index (χ4n) is 5.61. The fraction of sp³-hybridized carbons (Fsp3) is 0.737. The number of hydrogen-bond donors (Lipinski definition) is 15. The lowest BCUT2D eigenvalue weighted by atomic mass is 10.0. The summed E-state index contributed by atoms with van der Waals surface area (Å²) in [5, 5.41) is 61.1. The molecule has 0 spiro atoms. The predicted octanol–water partition coefficient (Wildman–Crippen LogP) is -4.41. The molecule has 0 unspecified atom stereocenters. The lowest BCUT2D eigenvalue weighted by Crippen LogP contribution is -2.62. The van der Waals surface area contributed by atoms with Gasteiger partial charge in [-0.05, 0) is 90.6 Å². The minimum atomic E-state index is -1.85. The third-order valence-corrected chi connectivity index (χ3v) is 8.92. The van der Waals surface area contributed by atoms with Crippen LogP contribution in [0.2, 0.25) is 0 Å². The first-order valence-corrected chi connectivity index (χ1v) is 20.6. The molecule has 7 amide bonds. The number of aliphatic hydroxyl groups is 2. The third-order valence-electron chi connectivity index (χ3n) is 8.92. The van der Waals surface area contributed by atoms with Gasteiger partial charge < -0.3 is 80.4 Å². The van der Waals surface area contributed by atoms with Crippen LogP contribution in [0.5, 0.6) is 0 Å². The number of hydrogen-bond acceptors (Lipinski definition) is 15. The molecule has 0 aromatic carbocycles. The van der Waals surface area contributed by atoms with E-state index < -0.39 is 139 Å². The van der Waals surface area contributed by atoms with E-state index in [1.165, 1.54) is 0 Å². The quantitative estimate of drug-likeness (QED) is 0.0292. The second-order valence-electron chi connectivity index (χ2n) is 15.3. The van der Waals surface area contributed by atoms with Crippen molar-refractivity contribution in [3.05, 3.63) is 0 Å². The van der Waals surface area contributed by atoms with Gasteiger partial charge in [0, 0.05) is 19.8 Å². The van der Waals surface area contributed by atoms with Crippen LogP contribution >= 0.6 is 0 Å². The van der Waals surface area contributed by atoms with E-state index in [-0.39, 0.29) is 25.3 Å². The lowest BCUT2D eigenvalue weighted by Gasteiger charge is -2.29. The molecule has 0 aromatic rings. The number of carbonyl (C=O) groups is 10. The molecule has 362 valence electrons. The van der Waals surface area contributed by atoms with Crippen LogP contribution in [0.15, 0.2) is 0 Å². The van der Waals surface area contributed by atoms with Gasteiger partial charge in [-0.3, -0.25) is 43.2 Å². The first-order chi connectivity index (χ1) is 29.3. The van der Waals surface area contributed by atoms with Gasteiger partial charge in [0.1, 0.15) is 36.3 Å². The molecule has 0 aromatic heterocycles. The summed E-state index contributed by atoms with van der Waals surface area (Å²) in [7, 11) is 0. The number of primary amides is 1. The van der Waals surface area contributed by atoms with Crippen LogP contribution in [-0.2, 0) is 47.9 Å². The minimum absolute atomic E-state index is 0.0109. The zero-order valence-corrected chi connectivity index (χ0v) is 36.6. The normalized spacial score (nSPS) is 15.2. The highest BCUT2D eigenvalue weighted by atomic mass is 16.4. The summed E-state index contributed by atoms with van der Waals surface area (Å²) in [5.41, 5.74) is 22.3. The molecule has 0 aliphatic heterocycles. The number of carboxylic acid groups (broad SMARTS) is 3. The molecule has 0 fully saturated rings. The van der Waals surface area contributed by atoms with Crippen molar-refractivity contribution in [2.75, 3.05) is 13.1 Å². The maximum absolute atomic E-state index is 13.7. The van der Waals surface area contributed by atoms with E-state index in [0.29, 0.717) is 38.6 Å². The number of aliphatic hydroxyl groups excluding tert-OH is 2. The molecule has 0 heterocycles. The summed E-state index contributed by atoms with van der Waals surface area (Å²) in [4.78, 5) is 123. The second kappa shape index (κ2) is 32.2. The van der Waals surface area contributed by atoms with Crippen LogP contribution in [0, 0.1) is 5.92 Å². The molecule has 0 aliphatic rings. The minimum Gasteiger partial charge on any atom is -0.481 e. The first-order valence-electron chi connectivity index (χ1n) is 20.6. The Hall–Kier alpha value is -5.50. The average molecular weight is 907 g/mol. The van der Waals surface area contributed by atoms with Crippen molar-refractivity contribution in [1.82, 2.24) is 31.9 Å². The number of unbranched alkanes of at least 4 members (excludes halogenated alkanes) is 2. The molecule has 19 N–H and O–H groups in total. The highest BCUT2D eigenvalue weighted by Crippen LogP contribution is 2.10. The number of nitrogens with two attached hydrogens (primary N) is 4. The monoisotopic (exact) mass is 907 g/mol. The van der Waals surface area contributed by atoms with E-state index in [9.17, 15) is 63.6 Å². The van der Waals surface area contributed by atoms with Crippen molar-refractivity contribution in [2.24, 2.45) is 28.9 Å². The fourth-order valence-corrected chi connectivity index (χ4v) is 5.61. The predicted molar refractivity (Wildman–Crippen MR) is 224 cm³/mol. The third kappa shape index (κ3) is 27.2. The van der Waals surface area contributed by atoms with Crippen LogP contribution in [-0.4, -0.2) is 152 Å². The summed E-state index contributed by atoms with van der Waals surface area (Å²) < 4.78 is 0. The highest BCUT2D eigenvalue weighted by Gasteiger charge is 2.36. The molecule has 0 aliphatic carbocycles. The molecule has 0 radical (unpaired) electrons. The molecule has 0 bridgehead atoms. The van der Waals surface area contributed by atoms with E-state index in [1.807, 2.05) is 13.8 Å². The largest absolute Gasteiger partial charge is 0.481 e. The Bertz CT molecular complexity index is 1510. The topological polar surface area (TPSA) is 448 Å². The number of rotatable bonds is 31. The van der Waals surface area contributed by atoms with Crippen molar-refractivity contribution in [1.29, 1.82) is 0 Å². The van der Waals surface area contributed by atoms with Gasteiger partial charge in [-0.2, -0.15) is 0 Å². The Kier molecular flexibility index (Phi) is 30.5. The highest BCUT2D eigenvalue weighted by molar-refractivity contribution is 5.97. The maximum atomic E-state index is 13.7. The summed E-state index contributed by atoms with van der Waals surface area (Å²) >= 11 is 0. The van der Waals surface area contributed by atoms with Gasteiger partial charge in [0.25, 0.3) is 5.97 Å². The number of carbonyl (C=O) groups excluding carboxylic acids is 7. The average Bonchev–Trinajstić information content (AvgIpc) is 3.16. The lowest BCUT2D eigenvalue weighted by molar-refractivity contribution is -0.143. The van der Waals surface area contributed by atoms with E-state index in [1.54, 1.807) is 0 Å². The van der Waals surface area contributed by atoms with Crippen LogP contribution in [0.4, 0.5) is 0 Å². The molecule has 0 saturated carbocycles. The van der Waals surface area contributed by atoms with Gasteiger partial charge in [0.15, 0.2) is 0 Å². The second-order valence-corrected chi connectivity index (χ2v) is 15.3. The van der Waals surface area contributed by atoms with Crippen LogP contribution < -0.4 is 54.8 Å². The molecule has 9 atom stereocenters. The Morgan fingerprint density at radius 2 is 0.857 bits per heavy atom. The zero-order valence-electron chi connectivity index (χ0n) is 36.6. The van der Waals surface area contributed by atoms with Crippen molar-refractivity contribution in [2.45, 2.75) is 160 Å². The van der Waals surface area contributed by atoms with E-state index >= 15 is 0 Å². The van der Waals surface area contributed by atoms with Crippen LogP contribution in [0.1, 0.15) is 105 Å². The summed E-state index contributed by atoms with van der Waals surface area (Å²) in [6.07, 6.45) is -3.17. The number of aliphatic carboxylic acids is 3.